The number of carboxylic acid groups (broad SMARTS) is 1. The van der Waals surface area contributed by atoms with Crippen molar-refractivity contribution < 1.29 is 38.6 Å². The largest absolute Gasteiger partial charge is 0.480 e. The van der Waals surface area contributed by atoms with Crippen molar-refractivity contribution in [3.8, 4) is 0 Å². The van der Waals surface area contributed by atoms with Gasteiger partial charge >= 0.3 is 18.2 Å². The molecule has 0 radical (unpaired) electrons. The summed E-state index contributed by atoms with van der Waals surface area (Å²) in [5.74, 6) is -3.15. The van der Waals surface area contributed by atoms with Crippen molar-refractivity contribution in [2.45, 2.75) is 104 Å². The molecule has 0 bridgehead atoms. The highest BCUT2D eigenvalue weighted by Crippen LogP contribution is 2.15. The molecule has 0 unspecified atom stereocenters. The van der Waals surface area contributed by atoms with Gasteiger partial charge in [-0.15, -0.1) is 0 Å². The second-order valence-corrected chi connectivity index (χ2v) is 13.0. The molecule has 0 aliphatic carbocycles. The first kappa shape index (κ1) is 38.6. The van der Waals surface area contributed by atoms with Gasteiger partial charge in [-0.25, -0.2) is 14.4 Å². The summed E-state index contributed by atoms with van der Waals surface area (Å²) in [6.07, 6.45) is -1.16. The fraction of sp³-hybridized carbons (Fsp3) is 0.514. The van der Waals surface area contributed by atoms with Gasteiger partial charge in [0.25, 0.3) is 0 Å². The molecule has 0 saturated carbocycles. The van der Waals surface area contributed by atoms with E-state index in [4.69, 9.17) is 9.47 Å². The van der Waals surface area contributed by atoms with Crippen molar-refractivity contribution in [1.82, 2.24) is 21.3 Å². The van der Waals surface area contributed by atoms with E-state index in [2.05, 4.69) is 21.3 Å². The maximum Gasteiger partial charge on any atom is 0.407 e. The first-order valence-corrected chi connectivity index (χ1v) is 15.9. The lowest BCUT2D eigenvalue weighted by molar-refractivity contribution is -0.143. The van der Waals surface area contributed by atoms with E-state index in [1.807, 2.05) is 55.5 Å². The Labute approximate surface area is 277 Å². The Morgan fingerprint density at radius 3 is 1.81 bits per heavy atom. The average Bonchev–Trinajstić information content (AvgIpc) is 3.00. The lowest BCUT2D eigenvalue weighted by Gasteiger charge is -2.31. The number of carbonyl (C=O) groups excluding carboxylic acids is 4. The zero-order valence-corrected chi connectivity index (χ0v) is 28.4. The Morgan fingerprint density at radius 1 is 0.745 bits per heavy atom. The van der Waals surface area contributed by atoms with Crippen LogP contribution < -0.4 is 21.3 Å². The highest BCUT2D eigenvalue weighted by Gasteiger charge is 2.34. The number of nitrogens with one attached hydrogen (secondary N) is 4. The van der Waals surface area contributed by atoms with Crippen LogP contribution in [0.1, 0.15) is 72.4 Å². The van der Waals surface area contributed by atoms with Gasteiger partial charge in [-0.2, -0.15) is 0 Å². The predicted molar refractivity (Wildman–Crippen MR) is 177 cm³/mol. The topological polar surface area (TPSA) is 172 Å². The molecule has 0 saturated heterocycles. The summed E-state index contributed by atoms with van der Waals surface area (Å²) >= 11 is 0. The third kappa shape index (κ3) is 14.1. The van der Waals surface area contributed by atoms with Crippen LogP contribution in [0.15, 0.2) is 60.7 Å². The number of benzene rings is 2. The van der Waals surface area contributed by atoms with E-state index in [0.29, 0.717) is 6.42 Å². The molecule has 5 atom stereocenters. The van der Waals surface area contributed by atoms with Crippen LogP contribution in [0.5, 0.6) is 0 Å². The lowest BCUT2D eigenvalue weighted by Crippen LogP contribution is -2.58. The SMILES string of the molecule is CC[C@H](C)[C@H](NC(=O)C[C@H](NC(=O)OCc1ccccc1)[C@H](Cc1ccccc1)NC(=O)OC(C)(C)C)C(=O)N[C@H](C(=O)O)C(C)C. The number of alkyl carbamates (subject to hydrolysis) is 2. The van der Waals surface area contributed by atoms with E-state index >= 15 is 0 Å². The van der Waals surface area contributed by atoms with Gasteiger partial charge in [0, 0.05) is 6.42 Å². The summed E-state index contributed by atoms with van der Waals surface area (Å²) in [6.45, 7) is 12.1. The van der Waals surface area contributed by atoms with Gasteiger partial charge in [-0.1, -0.05) is 94.8 Å². The smallest absolute Gasteiger partial charge is 0.407 e. The van der Waals surface area contributed by atoms with Crippen LogP contribution in [0.4, 0.5) is 9.59 Å². The molecule has 0 aliphatic heterocycles. The molecule has 0 aliphatic rings. The molecule has 0 spiro atoms. The molecular formula is C35H50N4O8. The average molecular weight is 655 g/mol. The maximum absolute atomic E-state index is 13.6. The minimum absolute atomic E-state index is 0.0225. The number of ether oxygens (including phenoxy) is 2. The summed E-state index contributed by atoms with van der Waals surface area (Å²) in [6, 6.07) is 14.2. The standard InChI is InChI=1S/C35H50N4O8/c1-8-23(4)30(31(41)39-29(22(2)3)32(42)43)38-28(40)20-27(36-33(44)46-21-25-17-13-10-14-18-25)26(19-24-15-11-9-12-16-24)37-34(45)47-35(5,6)7/h9-18,22-23,26-27,29-30H,8,19-21H2,1-7H3,(H,36,44)(H,37,45)(H,38,40)(H,39,41)(H,42,43)/t23-,26-,27-,29-,30-/m0/s1. The van der Waals surface area contributed by atoms with Crippen molar-refractivity contribution in [2.24, 2.45) is 11.8 Å². The van der Waals surface area contributed by atoms with Crippen molar-refractivity contribution in [3.63, 3.8) is 0 Å². The summed E-state index contributed by atoms with van der Waals surface area (Å²) in [5, 5.41) is 20.4. The quantitative estimate of drug-likeness (QED) is 0.175. The third-order valence-corrected chi connectivity index (χ3v) is 7.45. The van der Waals surface area contributed by atoms with Crippen LogP contribution in [-0.4, -0.2) is 64.8 Å². The second-order valence-electron chi connectivity index (χ2n) is 13.0. The molecule has 2 aromatic carbocycles. The van der Waals surface area contributed by atoms with Crippen LogP contribution in [-0.2, 0) is 36.9 Å². The normalized spacial score (nSPS) is 14.5. The molecule has 0 aromatic heterocycles. The summed E-state index contributed by atoms with van der Waals surface area (Å²) < 4.78 is 10.9. The maximum atomic E-state index is 13.6. The zero-order valence-electron chi connectivity index (χ0n) is 28.4. The number of rotatable bonds is 16. The van der Waals surface area contributed by atoms with Crippen LogP contribution in [0, 0.1) is 11.8 Å². The van der Waals surface area contributed by atoms with Crippen LogP contribution in [0.2, 0.25) is 0 Å². The van der Waals surface area contributed by atoms with E-state index in [1.165, 1.54) is 0 Å². The molecule has 4 amide bonds. The highest BCUT2D eigenvalue weighted by atomic mass is 16.6. The van der Waals surface area contributed by atoms with Crippen molar-refractivity contribution >= 4 is 30.0 Å². The molecule has 0 fully saturated rings. The van der Waals surface area contributed by atoms with Gasteiger partial charge in [0.05, 0.1) is 12.1 Å². The number of carbonyl (C=O) groups is 5. The third-order valence-electron chi connectivity index (χ3n) is 7.45. The highest BCUT2D eigenvalue weighted by molar-refractivity contribution is 5.91. The number of carboxylic acids is 1. The number of hydrogen-bond donors (Lipinski definition) is 5. The Bertz CT molecular complexity index is 1310. The Balaban J connectivity index is 2.38. The van der Waals surface area contributed by atoms with Crippen LogP contribution in [0.25, 0.3) is 0 Å². The Morgan fingerprint density at radius 2 is 1.30 bits per heavy atom. The van der Waals surface area contributed by atoms with E-state index in [0.717, 1.165) is 11.1 Å². The number of hydrogen-bond acceptors (Lipinski definition) is 7. The molecule has 12 nitrogen and oxygen atoms in total. The molecule has 47 heavy (non-hydrogen) atoms. The molecule has 2 rings (SSSR count). The first-order chi connectivity index (χ1) is 22.1. The first-order valence-electron chi connectivity index (χ1n) is 15.9. The van der Waals surface area contributed by atoms with Gasteiger partial charge in [-0.05, 0) is 50.2 Å². The molecule has 5 N–H and O–H groups in total. The van der Waals surface area contributed by atoms with Crippen molar-refractivity contribution in [2.75, 3.05) is 0 Å². The summed E-state index contributed by atoms with van der Waals surface area (Å²) in [5.41, 5.74) is 0.772. The summed E-state index contributed by atoms with van der Waals surface area (Å²) in [7, 11) is 0. The van der Waals surface area contributed by atoms with E-state index < -0.39 is 65.7 Å². The number of amides is 4. The van der Waals surface area contributed by atoms with Gasteiger partial charge < -0.3 is 35.8 Å². The molecule has 0 heterocycles. The molecular weight excluding hydrogens is 604 g/mol. The zero-order chi connectivity index (χ0) is 35.1. The van der Waals surface area contributed by atoms with E-state index in [9.17, 15) is 29.1 Å². The van der Waals surface area contributed by atoms with Gasteiger partial charge in [-0.3, -0.25) is 9.59 Å². The molecule has 2 aromatic rings. The minimum Gasteiger partial charge on any atom is -0.480 e. The van der Waals surface area contributed by atoms with Gasteiger partial charge in [0.2, 0.25) is 11.8 Å². The van der Waals surface area contributed by atoms with Crippen molar-refractivity contribution in [3.05, 3.63) is 71.8 Å². The monoisotopic (exact) mass is 654 g/mol. The number of aliphatic carboxylic acids is 1. The van der Waals surface area contributed by atoms with Gasteiger partial charge in [0.15, 0.2) is 0 Å². The van der Waals surface area contributed by atoms with Gasteiger partial charge in [0.1, 0.15) is 24.3 Å². The van der Waals surface area contributed by atoms with Crippen molar-refractivity contribution in [1.29, 1.82) is 0 Å². The van der Waals surface area contributed by atoms with E-state index in [-0.39, 0.29) is 25.4 Å². The lowest BCUT2D eigenvalue weighted by atomic mass is 9.94. The second kappa shape index (κ2) is 18.5. The fourth-order valence-electron chi connectivity index (χ4n) is 4.72. The minimum atomic E-state index is -1.18. The molecule has 12 heteroatoms. The Kier molecular flexibility index (Phi) is 15.2. The fourth-order valence-corrected chi connectivity index (χ4v) is 4.72. The Hall–Kier alpha value is -4.61. The predicted octanol–water partition coefficient (Wildman–Crippen LogP) is 4.56. The van der Waals surface area contributed by atoms with Crippen LogP contribution in [0.3, 0.4) is 0 Å². The van der Waals surface area contributed by atoms with E-state index in [1.54, 1.807) is 53.7 Å². The summed E-state index contributed by atoms with van der Waals surface area (Å²) in [4.78, 5) is 64.7. The van der Waals surface area contributed by atoms with Crippen LogP contribution >= 0.6 is 0 Å². The molecule has 258 valence electrons.